The number of carboxylic acid groups (broad SMARTS) is 2. The maximum atomic E-state index is 9.55. The lowest BCUT2D eigenvalue weighted by Crippen LogP contribution is -2.53. The van der Waals surface area contributed by atoms with Crippen molar-refractivity contribution in [1.29, 1.82) is 0 Å². The Morgan fingerprint density at radius 3 is 1.83 bits per heavy atom. The normalized spacial score (nSPS) is 22.2. The fourth-order valence-corrected chi connectivity index (χ4v) is 3.92. The second-order valence-electron chi connectivity index (χ2n) is 7.60. The molecule has 0 aliphatic carbocycles. The number of nitrogens with one attached hydrogen (secondary N) is 1. The van der Waals surface area contributed by atoms with E-state index in [4.69, 9.17) is 15.9 Å². The molecule has 1 atom stereocenters. The monoisotopic (exact) mass is 409 g/mol. The van der Waals surface area contributed by atoms with Crippen molar-refractivity contribution < 1.29 is 19.8 Å². The van der Waals surface area contributed by atoms with Gasteiger partial charge in [0, 0.05) is 36.1 Å². The topological polar surface area (TPSA) is 116 Å². The summed E-state index contributed by atoms with van der Waals surface area (Å²) in [5, 5.41) is 19.4. The van der Waals surface area contributed by atoms with Crippen LogP contribution in [0.15, 0.2) is 60.7 Å². The van der Waals surface area contributed by atoms with Crippen molar-refractivity contribution in [1.82, 2.24) is 4.90 Å². The van der Waals surface area contributed by atoms with Gasteiger partial charge in [0.25, 0.3) is 0 Å². The van der Waals surface area contributed by atoms with Crippen LogP contribution in [0.1, 0.15) is 12.8 Å². The molecule has 0 saturated carbocycles. The summed E-state index contributed by atoms with van der Waals surface area (Å²) in [6.07, 6.45) is 3.81. The van der Waals surface area contributed by atoms with Crippen molar-refractivity contribution in [3.05, 3.63) is 60.7 Å². The molecule has 158 valence electrons. The molecule has 1 unspecified atom stereocenters. The van der Waals surface area contributed by atoms with Gasteiger partial charge >= 0.3 is 11.9 Å². The number of hydrogen-bond acceptors (Lipinski definition) is 5. The SMILES string of the molecule is Nc1ccc(-c2ccc(NC3CN4CCC3CC4)cc2)cc1.O=C(O)C=CC(=O)O. The van der Waals surface area contributed by atoms with Crippen LogP contribution in [0.25, 0.3) is 11.1 Å². The van der Waals surface area contributed by atoms with Crippen LogP contribution in [-0.4, -0.2) is 52.7 Å². The molecule has 5 N–H and O–H groups in total. The van der Waals surface area contributed by atoms with E-state index in [1.807, 2.05) is 12.1 Å². The van der Waals surface area contributed by atoms with Gasteiger partial charge in [0.1, 0.15) is 0 Å². The van der Waals surface area contributed by atoms with Gasteiger partial charge in [-0.25, -0.2) is 9.59 Å². The smallest absolute Gasteiger partial charge is 0.328 e. The maximum Gasteiger partial charge on any atom is 0.328 e. The number of benzene rings is 2. The van der Waals surface area contributed by atoms with Crippen LogP contribution in [-0.2, 0) is 9.59 Å². The van der Waals surface area contributed by atoms with Crippen molar-refractivity contribution in [2.24, 2.45) is 5.92 Å². The van der Waals surface area contributed by atoms with Gasteiger partial charge in [-0.15, -0.1) is 0 Å². The lowest BCUT2D eigenvalue weighted by molar-refractivity contribution is -0.134. The van der Waals surface area contributed by atoms with Crippen LogP contribution >= 0.6 is 0 Å². The molecule has 5 rings (SSSR count). The summed E-state index contributed by atoms with van der Waals surface area (Å²) in [6.45, 7) is 3.78. The first-order valence-corrected chi connectivity index (χ1v) is 9.99. The van der Waals surface area contributed by atoms with Gasteiger partial charge in [-0.3, -0.25) is 0 Å². The fourth-order valence-electron chi connectivity index (χ4n) is 3.92. The fraction of sp³-hybridized carbons (Fsp3) is 0.304. The van der Waals surface area contributed by atoms with Gasteiger partial charge in [0.05, 0.1) is 0 Å². The highest BCUT2D eigenvalue weighted by Gasteiger charge is 2.33. The molecule has 2 bridgehead atoms. The Hall–Kier alpha value is -3.32. The maximum absolute atomic E-state index is 9.55. The molecule has 2 aromatic rings. The first-order valence-electron chi connectivity index (χ1n) is 9.99. The largest absolute Gasteiger partial charge is 0.478 e. The van der Waals surface area contributed by atoms with Crippen LogP contribution in [0, 0.1) is 5.92 Å². The number of anilines is 2. The van der Waals surface area contributed by atoms with E-state index in [1.54, 1.807) is 0 Å². The molecule has 3 aliphatic rings. The summed E-state index contributed by atoms with van der Waals surface area (Å²) in [4.78, 5) is 21.7. The zero-order valence-electron chi connectivity index (χ0n) is 16.7. The number of nitrogen functional groups attached to an aromatic ring is 1. The second kappa shape index (κ2) is 9.93. The highest BCUT2D eigenvalue weighted by Crippen LogP contribution is 2.30. The van der Waals surface area contributed by atoms with Gasteiger partial charge in [0.2, 0.25) is 0 Å². The first-order chi connectivity index (χ1) is 14.4. The minimum Gasteiger partial charge on any atom is -0.478 e. The van der Waals surface area contributed by atoms with Gasteiger partial charge < -0.3 is 26.2 Å². The van der Waals surface area contributed by atoms with E-state index in [0.29, 0.717) is 18.2 Å². The van der Waals surface area contributed by atoms with Gasteiger partial charge in [-0.2, -0.15) is 0 Å². The van der Waals surface area contributed by atoms with Crippen LogP contribution in [0.4, 0.5) is 11.4 Å². The third-order valence-corrected chi connectivity index (χ3v) is 5.51. The van der Waals surface area contributed by atoms with Crippen molar-refractivity contribution in [2.45, 2.75) is 18.9 Å². The van der Waals surface area contributed by atoms with E-state index in [-0.39, 0.29) is 0 Å². The van der Waals surface area contributed by atoms with Crippen molar-refractivity contribution in [3.8, 4) is 11.1 Å². The van der Waals surface area contributed by atoms with E-state index < -0.39 is 11.9 Å². The Morgan fingerprint density at radius 1 is 0.900 bits per heavy atom. The quantitative estimate of drug-likeness (QED) is 0.443. The number of fused-ring (bicyclic) bond motifs is 3. The predicted octanol–water partition coefficient (Wildman–Crippen LogP) is 3.15. The number of nitrogens with two attached hydrogens (primary N) is 1. The van der Waals surface area contributed by atoms with Crippen LogP contribution in [0.5, 0.6) is 0 Å². The number of nitrogens with zero attached hydrogens (tertiary/aromatic N) is 1. The molecule has 3 saturated heterocycles. The number of carbonyl (C=O) groups is 2. The molecule has 7 heteroatoms. The third kappa shape index (κ3) is 6.09. The predicted molar refractivity (Wildman–Crippen MR) is 117 cm³/mol. The molecule has 3 heterocycles. The lowest BCUT2D eigenvalue weighted by Gasteiger charge is -2.45. The Bertz CT molecular complexity index is 870. The third-order valence-electron chi connectivity index (χ3n) is 5.51. The Kier molecular flexibility index (Phi) is 7.08. The average Bonchev–Trinajstić information content (AvgIpc) is 2.75. The molecule has 0 aromatic heterocycles. The minimum absolute atomic E-state index is 0.558. The van der Waals surface area contributed by atoms with Gasteiger partial charge in [0.15, 0.2) is 0 Å². The molecular formula is C23H27N3O4. The Balaban J connectivity index is 0.000000275. The van der Waals surface area contributed by atoms with Gasteiger partial charge in [-0.05, 0) is 67.2 Å². The van der Waals surface area contributed by atoms with Gasteiger partial charge in [-0.1, -0.05) is 24.3 Å². The number of aliphatic carboxylic acids is 2. The van der Waals surface area contributed by atoms with E-state index >= 15 is 0 Å². The summed E-state index contributed by atoms with van der Waals surface area (Å²) in [7, 11) is 0. The van der Waals surface area contributed by atoms with Crippen LogP contribution < -0.4 is 11.1 Å². The van der Waals surface area contributed by atoms with Crippen molar-refractivity contribution >= 4 is 23.3 Å². The van der Waals surface area contributed by atoms with Crippen LogP contribution in [0.3, 0.4) is 0 Å². The Morgan fingerprint density at radius 2 is 1.40 bits per heavy atom. The van der Waals surface area contributed by atoms with Crippen molar-refractivity contribution in [3.63, 3.8) is 0 Å². The number of rotatable bonds is 5. The summed E-state index contributed by atoms with van der Waals surface area (Å²) in [5.41, 5.74) is 10.2. The van der Waals surface area contributed by atoms with Crippen molar-refractivity contribution in [2.75, 3.05) is 30.7 Å². The molecule has 3 fully saturated rings. The average molecular weight is 409 g/mol. The summed E-state index contributed by atoms with van der Waals surface area (Å²) < 4.78 is 0. The number of piperidine rings is 3. The van der Waals surface area contributed by atoms with Crippen LogP contribution in [0.2, 0.25) is 0 Å². The van der Waals surface area contributed by atoms with E-state index in [1.165, 1.54) is 49.3 Å². The zero-order valence-corrected chi connectivity index (χ0v) is 16.7. The molecule has 2 aromatic carbocycles. The van der Waals surface area contributed by atoms with E-state index in [2.05, 4.69) is 46.6 Å². The number of hydrogen-bond donors (Lipinski definition) is 4. The standard InChI is InChI=1S/C19H23N3.C4H4O4/c20-17-5-1-14(2-6-17)15-3-7-18(8-4-15)21-19-13-22-11-9-16(19)10-12-22;5-3(6)1-2-4(7)8/h1-8,16,19,21H,9-13,20H2;1-2H,(H,5,6)(H,7,8). The summed E-state index contributed by atoms with van der Waals surface area (Å²) in [6, 6.07) is 17.4. The second-order valence-corrected chi connectivity index (χ2v) is 7.60. The van der Waals surface area contributed by atoms with E-state index in [9.17, 15) is 9.59 Å². The summed E-state index contributed by atoms with van der Waals surface area (Å²) in [5.74, 6) is -1.67. The Labute approximate surface area is 175 Å². The lowest BCUT2D eigenvalue weighted by atomic mass is 9.84. The minimum atomic E-state index is -1.26. The molecule has 3 aliphatic heterocycles. The highest BCUT2D eigenvalue weighted by atomic mass is 16.4. The molecule has 0 spiro atoms. The molecular weight excluding hydrogens is 382 g/mol. The summed E-state index contributed by atoms with van der Waals surface area (Å²) >= 11 is 0. The molecule has 0 radical (unpaired) electrons. The first kappa shape index (κ1) is 21.4. The zero-order chi connectivity index (χ0) is 21.5. The molecule has 30 heavy (non-hydrogen) atoms. The number of carboxylic acids is 2. The van der Waals surface area contributed by atoms with E-state index in [0.717, 1.165) is 11.6 Å². The molecule has 7 nitrogen and oxygen atoms in total. The highest BCUT2D eigenvalue weighted by molar-refractivity contribution is 5.89. The molecule has 0 amide bonds.